The lowest BCUT2D eigenvalue weighted by Crippen LogP contribution is -2.36. The molecule has 0 bridgehead atoms. The maximum absolute atomic E-state index is 13.0. The van der Waals surface area contributed by atoms with Gasteiger partial charge in [0.05, 0.1) is 39.4 Å². The molecule has 1 aliphatic carbocycles. The van der Waals surface area contributed by atoms with E-state index >= 15 is 0 Å². The lowest BCUT2D eigenvalue weighted by atomic mass is 10.1. The van der Waals surface area contributed by atoms with E-state index in [1.807, 2.05) is 24.3 Å². The van der Waals surface area contributed by atoms with E-state index in [0.717, 1.165) is 10.2 Å². The van der Waals surface area contributed by atoms with E-state index in [9.17, 15) is 21.6 Å². The van der Waals surface area contributed by atoms with Gasteiger partial charge in [0.25, 0.3) is 0 Å². The predicted octanol–water partition coefficient (Wildman–Crippen LogP) is 4.90. The summed E-state index contributed by atoms with van der Waals surface area (Å²) in [6, 6.07) is 7.20. The Morgan fingerprint density at radius 2 is 1.88 bits per heavy atom. The Morgan fingerprint density at radius 1 is 1.14 bits per heavy atom. The highest BCUT2D eigenvalue weighted by Crippen LogP contribution is 2.44. The molecular weight excluding hydrogens is 617 g/mol. The second-order valence-electron chi connectivity index (χ2n) is 10.8. The fourth-order valence-electron chi connectivity index (χ4n) is 5.33. The van der Waals surface area contributed by atoms with Gasteiger partial charge >= 0.3 is 6.18 Å². The molecule has 2 aliphatic rings. The van der Waals surface area contributed by atoms with E-state index in [0.29, 0.717) is 34.9 Å². The van der Waals surface area contributed by atoms with Gasteiger partial charge in [-0.3, -0.25) is 0 Å². The van der Waals surface area contributed by atoms with Crippen LogP contribution in [0.5, 0.6) is 0 Å². The number of alkyl halides is 4. The molecule has 0 radical (unpaired) electrons. The average molecular weight is 649 g/mol. The van der Waals surface area contributed by atoms with Gasteiger partial charge in [0, 0.05) is 18.3 Å². The lowest BCUT2D eigenvalue weighted by molar-refractivity contribution is -0.156. The minimum Gasteiger partial charge on any atom is -0.364 e. The van der Waals surface area contributed by atoms with Crippen LogP contribution in [-0.4, -0.2) is 78.3 Å². The first-order chi connectivity index (χ1) is 19.7. The van der Waals surface area contributed by atoms with Crippen LogP contribution in [0.4, 0.5) is 24.9 Å². The fourth-order valence-corrected chi connectivity index (χ4v) is 7.82. The van der Waals surface area contributed by atoms with Gasteiger partial charge in [0.1, 0.15) is 23.5 Å². The highest BCUT2D eigenvalue weighted by Gasteiger charge is 2.54. The molecule has 10 nitrogen and oxygen atoms in total. The Balaban J connectivity index is 1.46. The number of fused-ring (bicyclic) bond motifs is 2. The quantitative estimate of drug-likeness (QED) is 0.249. The van der Waals surface area contributed by atoms with Crippen LogP contribution in [0.2, 0.25) is 0 Å². The molecule has 3 heterocycles. The van der Waals surface area contributed by atoms with Crippen molar-refractivity contribution < 1.29 is 31.1 Å². The van der Waals surface area contributed by atoms with E-state index in [1.165, 1.54) is 11.3 Å². The molecule has 2 aromatic heterocycles. The highest BCUT2D eigenvalue weighted by atomic mass is 35.5. The third kappa shape index (κ3) is 7.25. The van der Waals surface area contributed by atoms with Crippen LogP contribution in [0.15, 0.2) is 24.3 Å². The molecule has 1 aromatic carbocycles. The summed E-state index contributed by atoms with van der Waals surface area (Å²) in [4.78, 5) is 13.5. The summed E-state index contributed by atoms with van der Waals surface area (Å²) >= 11 is 7.09. The summed E-state index contributed by atoms with van der Waals surface area (Å²) in [5, 5.41) is 6.28. The average Bonchev–Trinajstić information content (AvgIpc) is 3.55. The molecule has 2 fully saturated rings. The van der Waals surface area contributed by atoms with E-state index in [1.54, 1.807) is 20.8 Å². The molecule has 0 amide bonds. The normalized spacial score (nSPS) is 23.8. The first-order valence-electron chi connectivity index (χ1n) is 13.4. The van der Waals surface area contributed by atoms with E-state index in [4.69, 9.17) is 26.1 Å². The van der Waals surface area contributed by atoms with Gasteiger partial charge in [0.15, 0.2) is 5.79 Å². The van der Waals surface area contributed by atoms with Crippen LogP contribution < -0.4 is 15.4 Å². The molecule has 3 aromatic rings. The van der Waals surface area contributed by atoms with Crippen molar-refractivity contribution in [2.75, 3.05) is 35.4 Å². The zero-order chi connectivity index (χ0) is 30.3. The third-order valence-electron chi connectivity index (χ3n) is 7.06. The van der Waals surface area contributed by atoms with Crippen molar-refractivity contribution in [1.29, 1.82) is 0 Å². The molecule has 3 N–H and O–H groups in total. The number of ether oxygens (including phenoxy) is 2. The van der Waals surface area contributed by atoms with Gasteiger partial charge in [-0.05, 0) is 45.7 Å². The van der Waals surface area contributed by atoms with Crippen LogP contribution in [0.25, 0.3) is 20.8 Å². The first-order valence-corrected chi connectivity index (χ1v) is 16.4. The van der Waals surface area contributed by atoms with Crippen LogP contribution in [-0.2, 0) is 19.5 Å². The van der Waals surface area contributed by atoms with Crippen LogP contribution in [0.1, 0.15) is 32.4 Å². The third-order valence-corrected chi connectivity index (χ3v) is 9.81. The number of benzene rings is 1. The maximum atomic E-state index is 13.0. The SMILES string of the molecule is Cc1nc(NCC(F)(F)F)nc(N[C@@H]2CC(CNS(=O)(=O)CCCCl)[C@H]3OC(C)(C)O[C@H]32)c1-c1nc2ccccc2s1. The molecule has 1 unspecified atom stereocenters. The number of halogens is 4. The summed E-state index contributed by atoms with van der Waals surface area (Å²) in [6.07, 6.45) is -4.57. The van der Waals surface area contributed by atoms with Gasteiger partial charge in [-0.2, -0.15) is 18.2 Å². The number of thiazole rings is 1. The Bertz CT molecular complexity index is 1500. The molecule has 1 saturated heterocycles. The molecule has 5 rings (SSSR count). The molecular formula is C26H32ClF3N6O4S2. The standard InChI is InChI=1S/C26H32ClF3N6O4S2/c1-14-19(23-35-16-7-4-5-8-18(16)41-23)22(36-24(33-14)31-13-26(28,29)30)34-17-11-15(12-32-42(37,38)10-6-9-27)20-21(17)40-25(2,3)39-20/h4-5,7-8,15,17,20-21,32H,6,9-13H2,1-3H3,(H2,31,33,34,36)/t15?,17-,20-,21+/m1/s1. The summed E-state index contributed by atoms with van der Waals surface area (Å²) in [5.74, 6) is -0.882. The van der Waals surface area contributed by atoms with Crippen LogP contribution in [0, 0.1) is 12.8 Å². The number of aromatic nitrogens is 3. The van der Waals surface area contributed by atoms with Crippen molar-refractivity contribution in [3.05, 3.63) is 30.0 Å². The first kappa shape index (κ1) is 31.1. The van der Waals surface area contributed by atoms with E-state index < -0.39 is 46.8 Å². The Morgan fingerprint density at radius 3 is 2.60 bits per heavy atom. The van der Waals surface area contributed by atoms with E-state index in [2.05, 4.69) is 25.3 Å². The molecule has 4 atom stereocenters. The van der Waals surface area contributed by atoms with Gasteiger partial charge in [-0.1, -0.05) is 12.1 Å². The molecule has 1 aliphatic heterocycles. The molecule has 0 spiro atoms. The fraction of sp³-hybridized carbons (Fsp3) is 0.577. The Hall–Kier alpha value is -2.30. The smallest absolute Gasteiger partial charge is 0.364 e. The second-order valence-corrected chi connectivity index (χ2v) is 14.2. The van der Waals surface area contributed by atoms with Crippen LogP contribution in [0.3, 0.4) is 0 Å². The topological polar surface area (TPSA) is 127 Å². The summed E-state index contributed by atoms with van der Waals surface area (Å²) in [6.45, 7) is 4.10. The van der Waals surface area contributed by atoms with Crippen molar-refractivity contribution in [2.45, 2.75) is 63.8 Å². The minimum atomic E-state index is -4.46. The second kappa shape index (κ2) is 12.0. The monoisotopic (exact) mass is 648 g/mol. The minimum absolute atomic E-state index is 0.0821. The number of rotatable bonds is 11. The molecule has 16 heteroatoms. The van der Waals surface area contributed by atoms with Crippen molar-refractivity contribution in [3.63, 3.8) is 0 Å². The maximum Gasteiger partial charge on any atom is 0.405 e. The van der Waals surface area contributed by atoms with Gasteiger partial charge in [-0.25, -0.2) is 23.1 Å². The van der Waals surface area contributed by atoms with Crippen molar-refractivity contribution in [2.24, 2.45) is 5.92 Å². The Kier molecular flexibility index (Phi) is 8.90. The van der Waals surface area contributed by atoms with Gasteiger partial charge < -0.3 is 20.1 Å². The number of para-hydroxylation sites is 1. The van der Waals surface area contributed by atoms with Crippen molar-refractivity contribution >= 4 is 54.9 Å². The summed E-state index contributed by atoms with van der Waals surface area (Å²) in [7, 11) is -3.53. The van der Waals surface area contributed by atoms with Gasteiger partial charge in [-0.15, -0.1) is 22.9 Å². The lowest BCUT2D eigenvalue weighted by Gasteiger charge is -2.25. The number of hydrogen-bond acceptors (Lipinski definition) is 10. The number of sulfonamides is 1. The number of nitrogens with zero attached hydrogens (tertiary/aromatic N) is 3. The zero-order valence-electron chi connectivity index (χ0n) is 23.2. The number of aryl methyl sites for hydroxylation is 1. The summed E-state index contributed by atoms with van der Waals surface area (Å²) in [5.41, 5.74) is 1.78. The van der Waals surface area contributed by atoms with E-state index in [-0.39, 0.29) is 30.0 Å². The number of anilines is 2. The molecule has 230 valence electrons. The van der Waals surface area contributed by atoms with Crippen molar-refractivity contribution in [1.82, 2.24) is 19.7 Å². The van der Waals surface area contributed by atoms with Gasteiger partial charge in [0.2, 0.25) is 16.0 Å². The summed E-state index contributed by atoms with van der Waals surface area (Å²) < 4.78 is 79.9. The van der Waals surface area contributed by atoms with Crippen molar-refractivity contribution in [3.8, 4) is 10.6 Å². The highest BCUT2D eigenvalue weighted by molar-refractivity contribution is 7.89. The number of nitrogens with one attached hydrogen (secondary N) is 3. The number of hydrogen-bond donors (Lipinski definition) is 3. The Labute approximate surface area is 250 Å². The molecule has 42 heavy (non-hydrogen) atoms. The molecule has 1 saturated carbocycles. The largest absolute Gasteiger partial charge is 0.405 e. The van der Waals surface area contributed by atoms with Crippen LogP contribution >= 0.6 is 22.9 Å². The zero-order valence-corrected chi connectivity index (χ0v) is 25.6. The predicted molar refractivity (Wildman–Crippen MR) is 156 cm³/mol.